The smallest absolute Gasteiger partial charge is 0.205 e. The first kappa shape index (κ1) is 27.9. The van der Waals surface area contributed by atoms with Crippen molar-refractivity contribution in [3.63, 3.8) is 0 Å². The Kier molecular flexibility index (Phi) is 6.25. The second kappa shape index (κ2) is 9.83. The van der Waals surface area contributed by atoms with Crippen molar-refractivity contribution < 1.29 is 44.6 Å². The number of benzene rings is 5. The predicted molar refractivity (Wildman–Crippen MR) is 144 cm³/mol. The molecule has 0 atom stereocenters. The van der Waals surface area contributed by atoms with E-state index in [1.165, 1.54) is 19.2 Å². The number of halogens is 8. The summed E-state index contributed by atoms with van der Waals surface area (Å²) >= 11 is 0. The molecule has 44 heavy (non-hydrogen) atoms. The Morgan fingerprint density at radius 1 is 0.477 bits per heavy atom. The fourth-order valence-electron chi connectivity index (χ4n) is 6.48. The first-order valence-electron chi connectivity index (χ1n) is 13.3. The molecule has 0 N–H and O–H groups in total. The molecular formula is C34H18F8O2. The van der Waals surface area contributed by atoms with Gasteiger partial charge in [0.1, 0.15) is 11.5 Å². The van der Waals surface area contributed by atoms with E-state index >= 15 is 17.6 Å². The zero-order chi connectivity index (χ0) is 31.2. The molecule has 10 heteroatoms. The zero-order valence-electron chi connectivity index (χ0n) is 22.8. The van der Waals surface area contributed by atoms with Gasteiger partial charge in [0.15, 0.2) is 34.9 Å². The van der Waals surface area contributed by atoms with Crippen LogP contribution in [0.1, 0.15) is 50.8 Å². The number of hydrogen-bond donors (Lipinski definition) is 0. The lowest BCUT2D eigenvalue weighted by molar-refractivity contribution is 0.361. The van der Waals surface area contributed by atoms with Crippen molar-refractivity contribution in [1.82, 2.24) is 0 Å². The lowest BCUT2D eigenvalue weighted by Crippen LogP contribution is -2.28. The molecule has 3 aliphatic carbocycles. The maximum atomic E-state index is 15.5. The first-order valence-corrected chi connectivity index (χ1v) is 13.3. The molecule has 8 rings (SSSR count). The van der Waals surface area contributed by atoms with Gasteiger partial charge in [-0.15, -0.1) is 0 Å². The van der Waals surface area contributed by atoms with Crippen LogP contribution < -0.4 is 9.47 Å². The zero-order valence-corrected chi connectivity index (χ0v) is 22.8. The summed E-state index contributed by atoms with van der Waals surface area (Å²) in [5, 5.41) is 0. The van der Waals surface area contributed by atoms with E-state index in [0.717, 1.165) is 22.3 Å². The fourth-order valence-corrected chi connectivity index (χ4v) is 6.48. The maximum Gasteiger partial charge on any atom is 0.205 e. The van der Waals surface area contributed by atoms with Crippen molar-refractivity contribution in [3.05, 3.63) is 146 Å². The second-order valence-corrected chi connectivity index (χ2v) is 10.5. The van der Waals surface area contributed by atoms with E-state index in [2.05, 4.69) is 0 Å². The number of methoxy groups -OCH3 is 1. The average molecular weight is 611 g/mol. The van der Waals surface area contributed by atoms with E-state index in [1.54, 1.807) is 0 Å². The van der Waals surface area contributed by atoms with Crippen molar-refractivity contribution in [2.45, 2.75) is 18.8 Å². The van der Waals surface area contributed by atoms with Crippen LogP contribution in [0, 0.1) is 53.5 Å². The monoisotopic (exact) mass is 610 g/mol. The highest BCUT2D eigenvalue weighted by Gasteiger charge is 2.45. The normalized spacial score (nSPS) is 16.0. The molecule has 222 valence electrons. The minimum atomic E-state index is -2.31. The van der Waals surface area contributed by atoms with Crippen LogP contribution in [0.2, 0.25) is 0 Å². The third-order valence-electron chi connectivity index (χ3n) is 8.41. The van der Waals surface area contributed by atoms with E-state index in [0.29, 0.717) is 23.8 Å². The van der Waals surface area contributed by atoms with Crippen LogP contribution in [0.3, 0.4) is 0 Å². The van der Waals surface area contributed by atoms with Crippen LogP contribution in [0.4, 0.5) is 35.1 Å². The summed E-state index contributed by atoms with van der Waals surface area (Å²) in [6, 6.07) is 17.9. The Morgan fingerprint density at radius 2 is 0.841 bits per heavy atom. The highest BCUT2D eigenvalue weighted by Crippen LogP contribution is 2.60. The SMILES string of the molecule is COc1ccc(Oc2c(F)c(F)c(-c3c(F)c(F)c(C)c(F)c3F)c(F)c2F)c2c1C1c3ccccc3C2c2ccccc21. The van der Waals surface area contributed by atoms with Gasteiger partial charge in [-0.05, 0) is 41.3 Å². The van der Waals surface area contributed by atoms with Gasteiger partial charge in [0.05, 0.1) is 18.2 Å². The maximum absolute atomic E-state index is 15.5. The molecule has 0 fully saturated rings. The molecule has 0 aliphatic heterocycles. The minimum absolute atomic E-state index is 0.158. The van der Waals surface area contributed by atoms with E-state index < -0.39 is 74.9 Å². The summed E-state index contributed by atoms with van der Waals surface area (Å²) in [4.78, 5) is 0. The van der Waals surface area contributed by atoms with E-state index in [4.69, 9.17) is 9.47 Å². The summed E-state index contributed by atoms with van der Waals surface area (Å²) in [6.45, 7) is 0.685. The summed E-state index contributed by atoms with van der Waals surface area (Å²) in [5.74, 6) is -19.5. The van der Waals surface area contributed by atoms with Crippen molar-refractivity contribution in [2.24, 2.45) is 0 Å². The highest BCUT2D eigenvalue weighted by atomic mass is 19.2. The number of ether oxygens (including phenoxy) is 2. The molecule has 0 spiro atoms. The number of rotatable bonds is 4. The van der Waals surface area contributed by atoms with Crippen molar-refractivity contribution in [1.29, 1.82) is 0 Å². The van der Waals surface area contributed by atoms with E-state index in [1.807, 2.05) is 48.5 Å². The molecule has 0 saturated carbocycles. The Bertz CT molecular complexity index is 1950. The Labute approximate surface area is 245 Å². The van der Waals surface area contributed by atoms with Gasteiger partial charge in [0, 0.05) is 28.5 Å². The van der Waals surface area contributed by atoms with Gasteiger partial charge in [-0.3, -0.25) is 0 Å². The van der Waals surface area contributed by atoms with Crippen molar-refractivity contribution >= 4 is 0 Å². The largest absolute Gasteiger partial charge is 0.496 e. The lowest BCUT2D eigenvalue weighted by atomic mass is 9.60. The molecule has 5 aromatic carbocycles. The van der Waals surface area contributed by atoms with Gasteiger partial charge < -0.3 is 9.47 Å². The fraction of sp³-hybridized carbons (Fsp3) is 0.118. The summed E-state index contributed by atoms with van der Waals surface area (Å²) in [5.41, 5.74) is -0.243. The third-order valence-corrected chi connectivity index (χ3v) is 8.41. The molecule has 0 amide bonds. The predicted octanol–water partition coefficient (Wildman–Crippen LogP) is 9.56. The van der Waals surface area contributed by atoms with Crippen molar-refractivity contribution in [2.75, 3.05) is 7.11 Å². The Hall–Kier alpha value is -4.86. The molecule has 0 unspecified atom stereocenters. The quantitative estimate of drug-likeness (QED) is 0.146. The van der Waals surface area contributed by atoms with Crippen molar-refractivity contribution in [3.8, 4) is 28.4 Å². The number of hydrogen-bond acceptors (Lipinski definition) is 2. The molecule has 2 nitrogen and oxygen atoms in total. The van der Waals surface area contributed by atoms with Gasteiger partial charge >= 0.3 is 0 Å². The van der Waals surface area contributed by atoms with Crippen LogP contribution in [0.25, 0.3) is 11.1 Å². The summed E-state index contributed by atoms with van der Waals surface area (Å²) in [6.07, 6.45) is 0. The topological polar surface area (TPSA) is 18.5 Å². The van der Waals surface area contributed by atoms with Gasteiger partial charge in [-0.25, -0.2) is 26.3 Å². The Balaban J connectivity index is 1.44. The van der Waals surface area contributed by atoms with Gasteiger partial charge in [-0.2, -0.15) is 8.78 Å². The van der Waals surface area contributed by atoms with Crippen LogP contribution in [0.15, 0.2) is 60.7 Å². The lowest BCUT2D eigenvalue weighted by Gasteiger charge is -2.43. The van der Waals surface area contributed by atoms with Gasteiger partial charge in [0.25, 0.3) is 0 Å². The second-order valence-electron chi connectivity index (χ2n) is 10.5. The summed E-state index contributed by atoms with van der Waals surface area (Å²) < 4.78 is 131. The van der Waals surface area contributed by atoms with Crippen LogP contribution in [-0.2, 0) is 0 Å². The molecule has 0 radical (unpaired) electrons. The molecule has 5 aromatic rings. The van der Waals surface area contributed by atoms with Gasteiger partial charge in [-0.1, -0.05) is 48.5 Å². The van der Waals surface area contributed by atoms with Crippen LogP contribution >= 0.6 is 0 Å². The van der Waals surface area contributed by atoms with E-state index in [9.17, 15) is 17.6 Å². The first-order chi connectivity index (χ1) is 21.1. The standard InChI is InChI=1S/C34H18F8O2/c1-13-26(35)28(37)24(29(38)27(13)36)25-30(39)32(41)34(33(42)31(25)40)44-19-12-11-18(43-2)22-20-14-7-3-5-9-16(14)21(23(19)22)17-10-6-4-8-15(17)20/h3-12,20-21H,1-2H3. The molecular weight excluding hydrogens is 592 g/mol. The minimum Gasteiger partial charge on any atom is -0.496 e. The van der Waals surface area contributed by atoms with Crippen LogP contribution in [-0.4, -0.2) is 7.11 Å². The van der Waals surface area contributed by atoms with E-state index in [-0.39, 0.29) is 11.7 Å². The molecule has 0 saturated heterocycles. The van der Waals surface area contributed by atoms with Crippen LogP contribution in [0.5, 0.6) is 17.2 Å². The molecule has 0 aromatic heterocycles. The molecule has 3 aliphatic rings. The third kappa shape index (κ3) is 3.60. The highest BCUT2D eigenvalue weighted by molar-refractivity contribution is 5.74. The summed E-state index contributed by atoms with van der Waals surface area (Å²) in [7, 11) is 1.45. The molecule has 2 bridgehead atoms. The Morgan fingerprint density at radius 3 is 1.25 bits per heavy atom. The van der Waals surface area contributed by atoms with Gasteiger partial charge in [0.2, 0.25) is 17.4 Å². The average Bonchev–Trinajstić information content (AvgIpc) is 3.05. The molecule has 0 heterocycles.